The second-order valence-corrected chi connectivity index (χ2v) is 23.8. The number of amides is 8. The predicted molar refractivity (Wildman–Crippen MR) is 306 cm³/mol. The number of hydrazine groups is 1. The molecule has 1 aromatic rings. The molecule has 3 fully saturated rings. The van der Waals surface area contributed by atoms with E-state index >= 15 is 0 Å². The number of likely N-dealkylation sites (tertiary alicyclic amines) is 1. The molecule has 3 aliphatic heterocycles. The minimum absolute atomic E-state index is 0.00762. The lowest BCUT2D eigenvalue weighted by Crippen LogP contribution is -2.60. The van der Waals surface area contributed by atoms with Gasteiger partial charge in [0.15, 0.2) is 0 Å². The SMILES string of the molecule is CCC(C)C(C(CC(=O)N1CCCC1C(OC)C(C)C(=O)CCCC1(C(=O)N2CCCCO2)CC1c1ccccc1)OC)N(C)C(=O)C(NC(=O)C(C(C)C)N(C)CCCC(=O)NNC(=O)CCCCCN1C(=O)C=CC1=O)C(C)C. The molecule has 2 saturated heterocycles. The van der Waals surface area contributed by atoms with Gasteiger partial charge in [-0.3, -0.25) is 68.6 Å². The number of methoxy groups -OCH3 is 2. The molecule has 1 aliphatic carbocycles. The number of rotatable bonds is 33. The summed E-state index contributed by atoms with van der Waals surface area (Å²) in [5.74, 6) is -3.20. The highest BCUT2D eigenvalue weighted by Gasteiger charge is 2.61. The van der Waals surface area contributed by atoms with E-state index < -0.39 is 41.7 Å². The van der Waals surface area contributed by atoms with Gasteiger partial charge >= 0.3 is 0 Å². The Bertz CT molecular complexity index is 2310. The average molecular weight is 1130 g/mol. The van der Waals surface area contributed by atoms with Crippen LogP contribution >= 0.6 is 0 Å². The van der Waals surface area contributed by atoms with Gasteiger partial charge in [0.2, 0.25) is 29.5 Å². The smallest absolute Gasteiger partial charge is 0.253 e. The largest absolute Gasteiger partial charge is 0.379 e. The number of likely N-dealkylation sites (N-methyl/N-ethyl adjacent to an activating group) is 2. The molecule has 20 heteroatoms. The number of carbonyl (C=O) groups is 9. The first-order valence-corrected chi connectivity index (χ1v) is 29.9. The van der Waals surface area contributed by atoms with Crippen LogP contribution in [-0.2, 0) is 57.5 Å². The molecule has 0 aromatic heterocycles. The molecule has 10 unspecified atom stereocenters. The van der Waals surface area contributed by atoms with Crippen molar-refractivity contribution in [2.45, 2.75) is 193 Å². The van der Waals surface area contributed by atoms with Crippen LogP contribution in [-0.4, -0.2) is 175 Å². The summed E-state index contributed by atoms with van der Waals surface area (Å²) < 4.78 is 12.2. The van der Waals surface area contributed by atoms with Gasteiger partial charge in [-0.1, -0.05) is 91.6 Å². The number of imide groups is 1. The Morgan fingerprint density at radius 1 is 0.790 bits per heavy atom. The summed E-state index contributed by atoms with van der Waals surface area (Å²) in [5.41, 5.74) is 5.39. The Labute approximate surface area is 481 Å². The van der Waals surface area contributed by atoms with Crippen molar-refractivity contribution in [2.75, 3.05) is 61.1 Å². The summed E-state index contributed by atoms with van der Waals surface area (Å²) >= 11 is 0. The van der Waals surface area contributed by atoms with Gasteiger partial charge in [-0.05, 0) is 107 Å². The first-order chi connectivity index (χ1) is 38.6. The molecular formula is C61H96N8O12. The molecule has 3 N–H and O–H groups in total. The van der Waals surface area contributed by atoms with Crippen LogP contribution in [0.1, 0.15) is 163 Å². The fourth-order valence-corrected chi connectivity index (χ4v) is 12.5. The number of carbonyl (C=O) groups excluding carboxylic acids is 9. The first kappa shape index (κ1) is 66.2. The molecule has 4 aliphatic rings. The van der Waals surface area contributed by atoms with Crippen LogP contribution in [0.2, 0.25) is 0 Å². The maximum Gasteiger partial charge on any atom is 0.253 e. The van der Waals surface area contributed by atoms with E-state index in [0.717, 1.165) is 36.1 Å². The van der Waals surface area contributed by atoms with Gasteiger partial charge in [-0.2, -0.15) is 0 Å². The molecule has 452 valence electrons. The quantitative estimate of drug-likeness (QED) is 0.0424. The van der Waals surface area contributed by atoms with Crippen LogP contribution in [0.25, 0.3) is 0 Å². The zero-order chi connectivity index (χ0) is 59.6. The molecule has 10 atom stereocenters. The number of ether oxygens (including phenoxy) is 2. The second-order valence-electron chi connectivity index (χ2n) is 23.8. The fourth-order valence-electron chi connectivity index (χ4n) is 12.5. The fraction of sp³-hybridized carbons (Fsp3) is 0.721. The van der Waals surface area contributed by atoms with Crippen molar-refractivity contribution in [3.05, 3.63) is 48.0 Å². The monoisotopic (exact) mass is 1130 g/mol. The Balaban J connectivity index is 1.13. The van der Waals surface area contributed by atoms with E-state index in [4.69, 9.17) is 14.3 Å². The maximum absolute atomic E-state index is 14.7. The van der Waals surface area contributed by atoms with Crippen molar-refractivity contribution in [2.24, 2.45) is 29.1 Å². The third-order valence-corrected chi connectivity index (χ3v) is 17.4. The zero-order valence-electron chi connectivity index (χ0n) is 50.4. The second kappa shape index (κ2) is 31.7. The summed E-state index contributed by atoms with van der Waals surface area (Å²) in [6, 6.07) is 7.66. The van der Waals surface area contributed by atoms with Gasteiger partial charge in [0.1, 0.15) is 11.8 Å². The highest BCUT2D eigenvalue weighted by atomic mass is 16.7. The molecule has 5 rings (SSSR count). The molecule has 81 heavy (non-hydrogen) atoms. The van der Waals surface area contributed by atoms with Crippen LogP contribution in [0.5, 0.6) is 0 Å². The van der Waals surface area contributed by atoms with E-state index in [9.17, 15) is 43.2 Å². The van der Waals surface area contributed by atoms with Crippen molar-refractivity contribution in [3.8, 4) is 0 Å². The summed E-state index contributed by atoms with van der Waals surface area (Å²) in [4.78, 5) is 132. The van der Waals surface area contributed by atoms with E-state index in [1.54, 1.807) is 38.3 Å². The minimum Gasteiger partial charge on any atom is -0.379 e. The van der Waals surface area contributed by atoms with Crippen LogP contribution in [0, 0.1) is 29.1 Å². The number of hydrogen-bond acceptors (Lipinski definition) is 13. The molecule has 3 heterocycles. The van der Waals surface area contributed by atoms with Gasteiger partial charge in [0.05, 0.1) is 48.8 Å². The number of hydroxylamine groups is 2. The Morgan fingerprint density at radius 3 is 2.05 bits per heavy atom. The summed E-state index contributed by atoms with van der Waals surface area (Å²) in [5, 5.41) is 4.62. The lowest BCUT2D eigenvalue weighted by atomic mass is 9.87. The van der Waals surface area contributed by atoms with E-state index in [1.165, 1.54) is 12.2 Å². The molecule has 0 bridgehead atoms. The summed E-state index contributed by atoms with van der Waals surface area (Å²) in [6.07, 6.45) is 9.55. The number of ketones is 1. The van der Waals surface area contributed by atoms with E-state index in [2.05, 4.69) is 28.3 Å². The van der Waals surface area contributed by atoms with E-state index in [1.807, 2.05) is 76.5 Å². The minimum atomic E-state index is -0.907. The Morgan fingerprint density at radius 2 is 1.46 bits per heavy atom. The van der Waals surface area contributed by atoms with Crippen LogP contribution in [0.15, 0.2) is 42.5 Å². The van der Waals surface area contributed by atoms with Crippen LogP contribution < -0.4 is 16.2 Å². The van der Waals surface area contributed by atoms with Crippen molar-refractivity contribution in [1.29, 1.82) is 0 Å². The summed E-state index contributed by atoms with van der Waals surface area (Å²) in [6.45, 7) is 15.8. The van der Waals surface area contributed by atoms with E-state index in [0.29, 0.717) is 77.6 Å². The number of hydrogen-bond donors (Lipinski definition) is 3. The lowest BCUT2D eigenvalue weighted by Gasteiger charge is -2.41. The van der Waals surface area contributed by atoms with E-state index in [-0.39, 0.29) is 115 Å². The third kappa shape index (κ3) is 17.7. The number of unbranched alkanes of at least 4 members (excludes halogenated alkanes) is 2. The van der Waals surface area contributed by atoms with Crippen molar-refractivity contribution >= 4 is 53.0 Å². The standard InChI is InChI=1S/C61H96N8O12/c1-12-42(6)56(66(9)59(77)54(40(2)3)62-58(76)55(41(4)5)65(8)33-23-29-50(72)64-63-49(71)28-17-14-18-34-68-51(73)30-31-52(68)74)48(79-10)38-53(75)67-35-22-26-46(67)57(80-11)43(7)47(70)27-21-32-61(60(78)69-36-19-20-37-81-69)39-45(61)44-24-15-13-16-25-44/h13,15-16,24-25,30-31,40-43,45-46,48,54-57H,12,14,17-23,26-29,32-39H2,1-11H3,(H,62,76)(H,63,71)(H,64,72). The third-order valence-electron chi connectivity index (χ3n) is 17.4. The number of benzene rings is 1. The highest BCUT2D eigenvalue weighted by molar-refractivity contribution is 6.12. The number of nitrogens with zero attached hydrogens (tertiary/aromatic N) is 5. The maximum atomic E-state index is 14.7. The van der Waals surface area contributed by atoms with Crippen molar-refractivity contribution < 1.29 is 57.5 Å². The molecule has 0 spiro atoms. The Hall–Kier alpha value is -5.57. The predicted octanol–water partition coefficient (Wildman–Crippen LogP) is 5.88. The molecule has 1 aromatic carbocycles. The molecule has 20 nitrogen and oxygen atoms in total. The van der Waals surface area contributed by atoms with Gasteiger partial charge in [0, 0.05) is 78.2 Å². The number of nitrogens with one attached hydrogen (secondary N) is 3. The van der Waals surface area contributed by atoms with Gasteiger partial charge < -0.3 is 24.6 Å². The molecule has 0 radical (unpaired) electrons. The van der Waals surface area contributed by atoms with Crippen LogP contribution in [0.4, 0.5) is 0 Å². The van der Waals surface area contributed by atoms with Crippen molar-refractivity contribution in [1.82, 2.24) is 40.8 Å². The lowest BCUT2D eigenvalue weighted by molar-refractivity contribution is -0.203. The molecular weight excluding hydrogens is 1040 g/mol. The highest BCUT2D eigenvalue weighted by Crippen LogP contribution is 2.63. The van der Waals surface area contributed by atoms with Gasteiger partial charge in [0.25, 0.3) is 17.7 Å². The van der Waals surface area contributed by atoms with Gasteiger partial charge in [-0.15, -0.1) is 0 Å². The summed E-state index contributed by atoms with van der Waals surface area (Å²) in [7, 11) is 6.64. The average Bonchev–Trinajstić information content (AvgIpc) is 4.07. The topological polar surface area (TPSA) is 234 Å². The first-order valence-electron chi connectivity index (χ1n) is 29.9. The zero-order valence-corrected chi connectivity index (χ0v) is 50.4. The van der Waals surface area contributed by atoms with Crippen molar-refractivity contribution in [3.63, 3.8) is 0 Å². The van der Waals surface area contributed by atoms with Gasteiger partial charge in [-0.25, -0.2) is 5.06 Å². The number of Topliss-reactive ketones (excluding diaryl/α,β-unsaturated/α-hetero) is 1. The molecule has 8 amide bonds. The normalized spacial score (nSPS) is 21.6. The Kier molecular flexibility index (Phi) is 26.0. The molecule has 1 saturated carbocycles. The van der Waals surface area contributed by atoms with Crippen LogP contribution in [0.3, 0.4) is 0 Å².